The van der Waals surface area contributed by atoms with E-state index in [9.17, 15) is 9.59 Å². The molecule has 29 heavy (non-hydrogen) atoms. The van der Waals surface area contributed by atoms with Crippen LogP contribution in [0, 0.1) is 5.92 Å². The first-order valence-electron chi connectivity index (χ1n) is 10.0. The van der Waals surface area contributed by atoms with Crippen molar-refractivity contribution in [2.75, 3.05) is 44.7 Å². The predicted octanol–water partition coefficient (Wildman–Crippen LogP) is 3.04. The highest BCUT2D eigenvalue weighted by molar-refractivity contribution is 5.99. The predicted molar refractivity (Wildman–Crippen MR) is 115 cm³/mol. The van der Waals surface area contributed by atoms with E-state index < -0.39 is 0 Å². The standard InChI is InChI=1S/C23H29N3O3/c1-17(2)16-24-22(27)18-7-6-8-19(15-18)23(28)26-13-11-25(12-14-26)20-9-4-5-10-21(20)29-3/h4-10,15,17H,11-14,16H2,1-3H3,(H,24,27). The SMILES string of the molecule is COc1ccccc1N1CCN(C(=O)c2cccc(C(=O)NCC(C)C)c2)CC1. The van der Waals surface area contributed by atoms with Crippen LogP contribution < -0.4 is 15.0 Å². The number of nitrogens with zero attached hydrogens (tertiary/aromatic N) is 2. The van der Waals surface area contributed by atoms with Crippen molar-refractivity contribution in [2.45, 2.75) is 13.8 Å². The van der Waals surface area contributed by atoms with E-state index in [2.05, 4.69) is 10.2 Å². The number of piperazine rings is 1. The summed E-state index contributed by atoms with van der Waals surface area (Å²) < 4.78 is 5.45. The summed E-state index contributed by atoms with van der Waals surface area (Å²) >= 11 is 0. The Bertz CT molecular complexity index is 858. The molecule has 6 heteroatoms. The first-order chi connectivity index (χ1) is 14.0. The average Bonchev–Trinajstić information content (AvgIpc) is 2.77. The number of methoxy groups -OCH3 is 1. The van der Waals surface area contributed by atoms with Crippen molar-refractivity contribution in [1.82, 2.24) is 10.2 Å². The normalized spacial score (nSPS) is 14.1. The third kappa shape index (κ3) is 5.08. The maximum atomic E-state index is 13.0. The van der Waals surface area contributed by atoms with Gasteiger partial charge in [-0.2, -0.15) is 0 Å². The number of rotatable bonds is 6. The van der Waals surface area contributed by atoms with Gasteiger partial charge in [0.25, 0.3) is 11.8 Å². The van der Waals surface area contributed by atoms with E-state index in [4.69, 9.17) is 4.74 Å². The largest absolute Gasteiger partial charge is 0.495 e. The van der Waals surface area contributed by atoms with Crippen LogP contribution in [0.3, 0.4) is 0 Å². The average molecular weight is 396 g/mol. The third-order valence-corrected chi connectivity index (χ3v) is 5.04. The van der Waals surface area contributed by atoms with Crippen molar-refractivity contribution in [2.24, 2.45) is 5.92 Å². The summed E-state index contributed by atoms with van der Waals surface area (Å²) in [5.41, 5.74) is 2.11. The molecule has 154 valence electrons. The number of benzene rings is 2. The summed E-state index contributed by atoms with van der Waals surface area (Å²) in [6, 6.07) is 14.9. The third-order valence-electron chi connectivity index (χ3n) is 5.04. The molecule has 2 aromatic rings. The topological polar surface area (TPSA) is 61.9 Å². The van der Waals surface area contributed by atoms with Crippen molar-refractivity contribution < 1.29 is 14.3 Å². The molecule has 0 atom stereocenters. The molecule has 1 N–H and O–H groups in total. The molecule has 2 amide bonds. The molecule has 0 spiro atoms. The summed E-state index contributed by atoms with van der Waals surface area (Å²) in [5.74, 6) is 1.04. The Morgan fingerprint density at radius 1 is 1.00 bits per heavy atom. The fourth-order valence-electron chi connectivity index (χ4n) is 3.42. The minimum absolute atomic E-state index is 0.0387. The molecule has 0 unspecified atom stereocenters. The Hall–Kier alpha value is -3.02. The van der Waals surface area contributed by atoms with Gasteiger partial charge in [0.15, 0.2) is 0 Å². The molecule has 0 saturated carbocycles. The van der Waals surface area contributed by atoms with Crippen LogP contribution in [-0.2, 0) is 0 Å². The van der Waals surface area contributed by atoms with Crippen molar-refractivity contribution >= 4 is 17.5 Å². The maximum absolute atomic E-state index is 13.0. The molecular weight excluding hydrogens is 366 g/mol. The molecule has 1 heterocycles. The van der Waals surface area contributed by atoms with Crippen LogP contribution in [0.5, 0.6) is 5.75 Å². The first-order valence-corrected chi connectivity index (χ1v) is 10.0. The monoisotopic (exact) mass is 395 g/mol. The van der Waals surface area contributed by atoms with Crippen LogP contribution in [0.4, 0.5) is 5.69 Å². The van der Waals surface area contributed by atoms with Gasteiger partial charge in [0.05, 0.1) is 12.8 Å². The lowest BCUT2D eigenvalue weighted by Crippen LogP contribution is -2.48. The van der Waals surface area contributed by atoms with Crippen LogP contribution in [0.1, 0.15) is 34.6 Å². The molecule has 1 saturated heterocycles. The van der Waals surface area contributed by atoms with Crippen LogP contribution >= 0.6 is 0 Å². The second kappa shape index (κ2) is 9.45. The zero-order chi connectivity index (χ0) is 20.8. The number of amides is 2. The molecule has 3 rings (SSSR count). The van der Waals surface area contributed by atoms with Gasteiger partial charge in [-0.25, -0.2) is 0 Å². The van der Waals surface area contributed by atoms with Gasteiger partial charge in [-0.3, -0.25) is 9.59 Å². The van der Waals surface area contributed by atoms with Gasteiger partial charge in [0.2, 0.25) is 0 Å². The van der Waals surface area contributed by atoms with Crippen molar-refractivity contribution in [3.05, 3.63) is 59.7 Å². The van der Waals surface area contributed by atoms with E-state index in [1.165, 1.54) is 0 Å². The van der Waals surface area contributed by atoms with Crippen molar-refractivity contribution in [3.8, 4) is 5.75 Å². The Morgan fingerprint density at radius 2 is 1.69 bits per heavy atom. The Kier molecular flexibility index (Phi) is 6.75. The van der Waals surface area contributed by atoms with E-state index >= 15 is 0 Å². The van der Waals surface area contributed by atoms with Crippen LogP contribution in [0.2, 0.25) is 0 Å². The Labute approximate surface area is 172 Å². The smallest absolute Gasteiger partial charge is 0.253 e. The van der Waals surface area contributed by atoms with Gasteiger partial charge in [0.1, 0.15) is 5.75 Å². The zero-order valence-electron chi connectivity index (χ0n) is 17.4. The number of ether oxygens (including phenoxy) is 1. The molecule has 0 radical (unpaired) electrons. The number of hydrogen-bond acceptors (Lipinski definition) is 4. The molecule has 1 aliphatic heterocycles. The minimum Gasteiger partial charge on any atom is -0.495 e. The van der Waals surface area contributed by atoms with E-state index in [0.717, 1.165) is 24.5 Å². The lowest BCUT2D eigenvalue weighted by atomic mass is 10.1. The second-order valence-electron chi connectivity index (χ2n) is 7.64. The lowest BCUT2D eigenvalue weighted by Gasteiger charge is -2.36. The van der Waals surface area contributed by atoms with Crippen molar-refractivity contribution in [1.29, 1.82) is 0 Å². The number of carbonyl (C=O) groups excluding carboxylic acids is 2. The maximum Gasteiger partial charge on any atom is 0.253 e. The molecule has 0 bridgehead atoms. The Balaban J connectivity index is 1.63. The lowest BCUT2D eigenvalue weighted by molar-refractivity contribution is 0.0746. The number of carbonyl (C=O) groups is 2. The summed E-state index contributed by atoms with van der Waals surface area (Å²) in [5, 5.41) is 2.90. The quantitative estimate of drug-likeness (QED) is 0.817. The van der Waals surface area contributed by atoms with Crippen LogP contribution in [0.15, 0.2) is 48.5 Å². The van der Waals surface area contributed by atoms with Gasteiger partial charge in [-0.1, -0.05) is 32.0 Å². The highest BCUT2D eigenvalue weighted by Gasteiger charge is 2.24. The van der Waals surface area contributed by atoms with E-state index in [-0.39, 0.29) is 11.8 Å². The summed E-state index contributed by atoms with van der Waals surface area (Å²) in [7, 11) is 1.67. The summed E-state index contributed by atoms with van der Waals surface area (Å²) in [6.45, 7) is 7.43. The van der Waals surface area contributed by atoms with Gasteiger partial charge in [-0.05, 0) is 36.2 Å². The van der Waals surface area contributed by atoms with Crippen molar-refractivity contribution in [3.63, 3.8) is 0 Å². The van der Waals surface area contributed by atoms with Gasteiger partial charge >= 0.3 is 0 Å². The molecular formula is C23H29N3O3. The summed E-state index contributed by atoms with van der Waals surface area (Å²) in [4.78, 5) is 29.3. The fraction of sp³-hybridized carbons (Fsp3) is 0.391. The number of anilines is 1. The molecule has 6 nitrogen and oxygen atoms in total. The minimum atomic E-state index is -0.144. The van der Waals surface area contributed by atoms with Gasteiger partial charge in [0, 0.05) is 43.9 Å². The number of nitrogens with one attached hydrogen (secondary N) is 1. The van der Waals surface area contributed by atoms with Gasteiger partial charge < -0.3 is 19.9 Å². The highest BCUT2D eigenvalue weighted by Crippen LogP contribution is 2.28. The van der Waals surface area contributed by atoms with E-state index in [1.54, 1.807) is 31.4 Å². The molecule has 0 aliphatic carbocycles. The number of hydrogen-bond donors (Lipinski definition) is 1. The number of para-hydroxylation sites is 2. The molecule has 1 aliphatic rings. The fourth-order valence-corrected chi connectivity index (χ4v) is 3.42. The first kappa shape index (κ1) is 20.7. The van der Waals surface area contributed by atoms with Crippen LogP contribution in [-0.4, -0.2) is 56.5 Å². The van der Waals surface area contributed by atoms with Crippen LogP contribution in [0.25, 0.3) is 0 Å². The van der Waals surface area contributed by atoms with E-state index in [1.807, 2.05) is 43.0 Å². The Morgan fingerprint density at radius 3 is 2.38 bits per heavy atom. The zero-order valence-corrected chi connectivity index (χ0v) is 17.4. The highest BCUT2D eigenvalue weighted by atomic mass is 16.5. The second-order valence-corrected chi connectivity index (χ2v) is 7.64. The molecule has 0 aromatic heterocycles. The molecule has 1 fully saturated rings. The van der Waals surface area contributed by atoms with Gasteiger partial charge in [-0.15, -0.1) is 0 Å². The molecule has 2 aromatic carbocycles. The summed E-state index contributed by atoms with van der Waals surface area (Å²) in [6.07, 6.45) is 0. The van der Waals surface area contributed by atoms with E-state index in [0.29, 0.717) is 36.7 Å².